The molecular formula is C23H28N4O2. The summed E-state index contributed by atoms with van der Waals surface area (Å²) in [5.41, 5.74) is 9.25. The number of aryl methyl sites for hydroxylation is 1. The Bertz CT molecular complexity index is 891. The lowest BCUT2D eigenvalue weighted by Gasteiger charge is -2.11. The summed E-state index contributed by atoms with van der Waals surface area (Å²) in [6, 6.07) is 17.5. The van der Waals surface area contributed by atoms with Gasteiger partial charge in [0.1, 0.15) is 5.75 Å². The topological polar surface area (TPSA) is 82.2 Å². The van der Waals surface area contributed by atoms with Crippen LogP contribution in [0.2, 0.25) is 0 Å². The fraction of sp³-hybridized carbons (Fsp3) is 0.304. The molecule has 29 heavy (non-hydrogen) atoms. The summed E-state index contributed by atoms with van der Waals surface area (Å²) in [7, 11) is 0. The van der Waals surface area contributed by atoms with E-state index in [9.17, 15) is 4.79 Å². The molecule has 0 saturated heterocycles. The van der Waals surface area contributed by atoms with Gasteiger partial charge in [0, 0.05) is 25.7 Å². The largest absolute Gasteiger partial charge is 0.494 e. The zero-order chi connectivity index (χ0) is 20.5. The predicted octanol–water partition coefficient (Wildman–Crippen LogP) is 2.69. The molecule has 0 fully saturated rings. The van der Waals surface area contributed by atoms with E-state index >= 15 is 0 Å². The molecule has 6 heteroatoms. The van der Waals surface area contributed by atoms with Gasteiger partial charge in [0.15, 0.2) is 0 Å². The zero-order valence-corrected chi connectivity index (χ0v) is 16.8. The van der Waals surface area contributed by atoms with Crippen molar-refractivity contribution >= 4 is 5.91 Å². The lowest BCUT2D eigenvalue weighted by Crippen LogP contribution is -2.42. The highest BCUT2D eigenvalue weighted by Gasteiger charge is 2.15. The van der Waals surface area contributed by atoms with E-state index in [0.717, 1.165) is 24.4 Å². The first-order valence-electron chi connectivity index (χ1n) is 9.87. The van der Waals surface area contributed by atoms with Crippen LogP contribution >= 0.6 is 0 Å². The number of aromatic nitrogens is 2. The Morgan fingerprint density at radius 2 is 1.93 bits per heavy atom. The maximum atomic E-state index is 12.2. The van der Waals surface area contributed by atoms with E-state index in [1.165, 1.54) is 11.1 Å². The van der Waals surface area contributed by atoms with Crippen LogP contribution < -0.4 is 15.8 Å². The second-order valence-corrected chi connectivity index (χ2v) is 7.14. The molecule has 3 N–H and O–H groups in total. The minimum atomic E-state index is -0.618. The zero-order valence-electron chi connectivity index (χ0n) is 16.8. The normalized spacial score (nSPS) is 11.8. The number of rotatable bonds is 10. The van der Waals surface area contributed by atoms with Gasteiger partial charge in [-0.05, 0) is 31.0 Å². The Morgan fingerprint density at radius 3 is 2.69 bits per heavy atom. The maximum absolute atomic E-state index is 12.2. The second-order valence-electron chi connectivity index (χ2n) is 7.14. The van der Waals surface area contributed by atoms with Gasteiger partial charge in [0.2, 0.25) is 5.91 Å². The van der Waals surface area contributed by atoms with E-state index in [0.29, 0.717) is 19.6 Å². The van der Waals surface area contributed by atoms with E-state index in [4.69, 9.17) is 10.5 Å². The van der Waals surface area contributed by atoms with Crippen LogP contribution in [-0.4, -0.2) is 34.7 Å². The van der Waals surface area contributed by atoms with Gasteiger partial charge in [0.05, 0.1) is 24.7 Å². The number of carbonyl (C=O) groups is 1. The molecule has 1 aromatic heterocycles. The Balaban J connectivity index is 1.35. The smallest absolute Gasteiger partial charge is 0.237 e. The molecule has 0 saturated carbocycles. The summed E-state index contributed by atoms with van der Waals surface area (Å²) in [6.07, 6.45) is 4.84. The fourth-order valence-electron chi connectivity index (χ4n) is 2.95. The molecule has 0 aliphatic carbocycles. The van der Waals surface area contributed by atoms with Crippen LogP contribution in [0.3, 0.4) is 0 Å². The van der Waals surface area contributed by atoms with E-state index in [-0.39, 0.29) is 5.91 Å². The van der Waals surface area contributed by atoms with Crippen LogP contribution in [0.1, 0.15) is 23.2 Å². The molecule has 0 bridgehead atoms. The first kappa shape index (κ1) is 20.6. The summed E-state index contributed by atoms with van der Waals surface area (Å²) >= 11 is 0. The van der Waals surface area contributed by atoms with Crippen LogP contribution in [-0.2, 0) is 17.8 Å². The second kappa shape index (κ2) is 10.4. The Kier molecular flexibility index (Phi) is 7.41. The lowest BCUT2D eigenvalue weighted by atomic mass is 10.1. The molecule has 0 spiro atoms. The first-order valence-corrected chi connectivity index (χ1v) is 9.87. The number of hydrogen-bond donors (Lipinski definition) is 2. The van der Waals surface area contributed by atoms with Crippen LogP contribution in [0.4, 0.5) is 0 Å². The van der Waals surface area contributed by atoms with Crippen LogP contribution in [0.5, 0.6) is 5.75 Å². The maximum Gasteiger partial charge on any atom is 0.237 e. The van der Waals surface area contributed by atoms with Crippen molar-refractivity contribution in [3.05, 3.63) is 83.9 Å². The molecule has 0 radical (unpaired) electrons. The molecule has 0 unspecified atom stereocenters. The molecule has 3 rings (SSSR count). The molecular weight excluding hydrogens is 364 g/mol. The number of benzene rings is 2. The fourth-order valence-corrected chi connectivity index (χ4v) is 2.95. The van der Waals surface area contributed by atoms with E-state index in [1.54, 1.807) is 6.33 Å². The average Bonchev–Trinajstić information content (AvgIpc) is 3.16. The van der Waals surface area contributed by atoms with Crippen molar-refractivity contribution in [3.8, 4) is 5.75 Å². The molecule has 2 aromatic carbocycles. The van der Waals surface area contributed by atoms with Crippen molar-refractivity contribution in [2.75, 3.05) is 13.2 Å². The average molecular weight is 393 g/mol. The molecule has 3 aromatic rings. The van der Waals surface area contributed by atoms with Crippen molar-refractivity contribution in [2.24, 2.45) is 5.73 Å². The number of nitrogens with two attached hydrogens (primary N) is 1. The van der Waals surface area contributed by atoms with Crippen LogP contribution in [0.15, 0.2) is 67.1 Å². The highest BCUT2D eigenvalue weighted by Crippen LogP contribution is 2.11. The molecule has 1 amide bonds. The summed E-state index contributed by atoms with van der Waals surface area (Å²) in [5, 5.41) is 2.87. The van der Waals surface area contributed by atoms with Crippen molar-refractivity contribution in [2.45, 2.75) is 32.4 Å². The number of nitrogens with one attached hydrogen (secondary N) is 1. The van der Waals surface area contributed by atoms with Crippen molar-refractivity contribution < 1.29 is 9.53 Å². The molecule has 0 aliphatic rings. The Hall–Kier alpha value is -3.12. The number of imidazole rings is 1. The van der Waals surface area contributed by atoms with Crippen molar-refractivity contribution in [3.63, 3.8) is 0 Å². The third-order valence-corrected chi connectivity index (χ3v) is 4.57. The summed E-state index contributed by atoms with van der Waals surface area (Å²) < 4.78 is 7.65. The Morgan fingerprint density at radius 1 is 1.17 bits per heavy atom. The van der Waals surface area contributed by atoms with Gasteiger partial charge in [-0.1, -0.05) is 48.0 Å². The third-order valence-electron chi connectivity index (χ3n) is 4.57. The Labute approximate surface area is 171 Å². The minimum Gasteiger partial charge on any atom is -0.494 e. The van der Waals surface area contributed by atoms with Gasteiger partial charge < -0.3 is 20.4 Å². The van der Waals surface area contributed by atoms with E-state index in [2.05, 4.69) is 22.4 Å². The molecule has 1 heterocycles. The van der Waals surface area contributed by atoms with Crippen molar-refractivity contribution in [1.29, 1.82) is 0 Å². The lowest BCUT2D eigenvalue weighted by molar-refractivity contribution is -0.122. The quantitative estimate of drug-likeness (QED) is 0.520. The molecule has 0 aliphatic heterocycles. The van der Waals surface area contributed by atoms with Crippen molar-refractivity contribution in [1.82, 2.24) is 14.9 Å². The SMILES string of the molecule is Cc1ccc(OCCCNC(=O)[C@@H](N)Cc2cn(Cc3ccccc3)cn2)cc1. The summed E-state index contributed by atoms with van der Waals surface area (Å²) in [5.74, 6) is 0.669. The van der Waals surface area contributed by atoms with Gasteiger partial charge in [0.25, 0.3) is 0 Å². The third kappa shape index (κ3) is 6.76. The summed E-state index contributed by atoms with van der Waals surface area (Å²) in [6.45, 7) is 3.86. The van der Waals surface area contributed by atoms with Gasteiger partial charge in [-0.2, -0.15) is 0 Å². The van der Waals surface area contributed by atoms with E-state index in [1.807, 2.05) is 60.2 Å². The van der Waals surface area contributed by atoms with Gasteiger partial charge >= 0.3 is 0 Å². The monoisotopic (exact) mass is 392 g/mol. The van der Waals surface area contributed by atoms with E-state index < -0.39 is 6.04 Å². The standard InChI is InChI=1S/C23H28N4O2/c1-18-8-10-21(11-9-18)29-13-5-12-25-23(28)22(24)14-20-16-27(17-26-20)15-19-6-3-2-4-7-19/h2-4,6-11,16-17,22H,5,12-15,24H2,1H3,(H,25,28)/t22-/m0/s1. The molecule has 152 valence electrons. The van der Waals surface area contributed by atoms with Gasteiger partial charge in [-0.25, -0.2) is 4.98 Å². The molecule has 6 nitrogen and oxygen atoms in total. The highest BCUT2D eigenvalue weighted by molar-refractivity contribution is 5.81. The first-order chi connectivity index (χ1) is 14.1. The van der Waals surface area contributed by atoms with Crippen LogP contribution in [0.25, 0.3) is 0 Å². The predicted molar refractivity (Wildman–Crippen MR) is 114 cm³/mol. The highest BCUT2D eigenvalue weighted by atomic mass is 16.5. The minimum absolute atomic E-state index is 0.169. The summed E-state index contributed by atoms with van der Waals surface area (Å²) in [4.78, 5) is 16.6. The molecule has 1 atom stereocenters. The van der Waals surface area contributed by atoms with Gasteiger partial charge in [-0.15, -0.1) is 0 Å². The number of carbonyl (C=O) groups excluding carboxylic acids is 1. The number of amides is 1. The number of nitrogens with zero attached hydrogens (tertiary/aromatic N) is 2. The van der Waals surface area contributed by atoms with Crippen LogP contribution in [0, 0.1) is 6.92 Å². The number of ether oxygens (including phenoxy) is 1. The number of hydrogen-bond acceptors (Lipinski definition) is 4. The van der Waals surface area contributed by atoms with Gasteiger partial charge in [-0.3, -0.25) is 4.79 Å².